The number of carbonyl (C=O) groups is 1. The Morgan fingerprint density at radius 3 is 1.57 bits per heavy atom. The molecule has 5 aliphatic heterocycles. The molecule has 35 atom stereocenters. The number of rotatable bonds is 20. The molecule has 0 amide bonds. The molecule has 5 heterocycles. The molecule has 0 radical (unpaired) electrons. The maximum absolute atomic E-state index is 14.3. The molecule has 5 saturated heterocycles. The first-order chi connectivity index (χ1) is 40.7. The van der Waals surface area contributed by atoms with Gasteiger partial charge in [-0.05, 0) is 104 Å². The lowest BCUT2D eigenvalue weighted by Crippen LogP contribution is -2.66. The molecular weight excluding hydrogens is 1140 g/mol. The van der Waals surface area contributed by atoms with Gasteiger partial charge in [0.2, 0.25) is 6.29 Å². The first-order valence-electron chi connectivity index (χ1n) is 30.8. The van der Waals surface area contributed by atoms with Gasteiger partial charge in [0.05, 0.1) is 45.1 Å². The lowest BCUT2D eigenvalue weighted by atomic mass is 9.47. The third-order valence-electron chi connectivity index (χ3n) is 21.7. The third-order valence-corrected chi connectivity index (χ3v) is 21.7. The van der Waals surface area contributed by atoms with Crippen molar-refractivity contribution in [3.8, 4) is 0 Å². The molecule has 17 N–H and O–H groups in total. The summed E-state index contributed by atoms with van der Waals surface area (Å²) in [5, 5.41) is 179. The van der Waals surface area contributed by atoms with Crippen molar-refractivity contribution in [3.05, 3.63) is 11.6 Å². The standard InChI is InChI=1S/C58H96O28/c1-22(6-7-23(2)28-10-11-29-27-9-8-25-16-26(12-14-57(25,4)30(27)13-15-58(28,29)5)78-53-45(72)40(67)36(63)31(17-59)79-53)24(3)51(76)86-56-50(85-55-47(74)42(69)38(65)33(19-61)81-55)43(70)39(66)35(83-56)21-77-52-48(75)44(71)49(34(20-62)82-52)84-54-46(73)41(68)37(64)32(18-60)80-54/h8,22-24,26-50,52-56,59-75H,6-7,9-21H2,1-5H3/t22-,23-,24+,26+,27+,28-,29+,30+,31-,32-,33-,34-,35-,36-,37-,38-,39-,40+,41+,42+,43+,44-,45-,46-,47-,48-,49-,50-,52-,53-,54+,55+,56+,57+,58-/m1/s1. The highest BCUT2D eigenvalue weighted by molar-refractivity contribution is 5.72. The van der Waals surface area contributed by atoms with Crippen molar-refractivity contribution in [2.24, 2.45) is 52.3 Å². The molecule has 0 aromatic carbocycles. The number of esters is 1. The van der Waals surface area contributed by atoms with Crippen LogP contribution in [0.15, 0.2) is 11.6 Å². The van der Waals surface area contributed by atoms with Crippen LogP contribution in [-0.4, -0.2) is 285 Å². The highest BCUT2D eigenvalue weighted by atomic mass is 16.8. The lowest BCUT2D eigenvalue weighted by Gasteiger charge is -2.58. The average Bonchev–Trinajstić information content (AvgIpc) is 1.43. The second-order valence-electron chi connectivity index (χ2n) is 26.6. The number of allylic oxidation sites excluding steroid dienone is 1. The minimum atomic E-state index is -2.04. The number of ether oxygens (including phenoxy) is 10. The Labute approximate surface area is 499 Å². The monoisotopic (exact) mass is 1240 g/mol. The number of fused-ring (bicyclic) bond motifs is 5. The zero-order valence-electron chi connectivity index (χ0n) is 49.3. The van der Waals surface area contributed by atoms with Gasteiger partial charge in [0.25, 0.3) is 0 Å². The smallest absolute Gasteiger partial charge is 0.311 e. The molecule has 9 aliphatic rings. The van der Waals surface area contributed by atoms with E-state index in [0.717, 1.165) is 51.4 Å². The fourth-order valence-electron chi connectivity index (χ4n) is 16.0. The number of hydrogen-bond donors (Lipinski definition) is 17. The van der Waals surface area contributed by atoms with Crippen LogP contribution < -0.4 is 0 Å². The zero-order valence-corrected chi connectivity index (χ0v) is 49.3. The molecule has 0 spiro atoms. The van der Waals surface area contributed by atoms with Gasteiger partial charge in [-0.1, -0.05) is 52.7 Å². The molecule has 0 bridgehead atoms. The van der Waals surface area contributed by atoms with E-state index >= 15 is 0 Å². The van der Waals surface area contributed by atoms with Crippen LogP contribution in [-0.2, 0) is 52.2 Å². The maximum atomic E-state index is 14.3. The number of aliphatic hydroxyl groups excluding tert-OH is 17. The average molecular weight is 1240 g/mol. The van der Waals surface area contributed by atoms with E-state index in [-0.39, 0.29) is 22.9 Å². The summed E-state index contributed by atoms with van der Waals surface area (Å²) in [6.07, 6.45) is -31.6. The Kier molecular flexibility index (Phi) is 22.5. The summed E-state index contributed by atoms with van der Waals surface area (Å²) in [5.41, 5.74) is 1.41. The first kappa shape index (κ1) is 68.5. The molecule has 8 fully saturated rings. The van der Waals surface area contributed by atoms with Gasteiger partial charge in [-0.15, -0.1) is 0 Å². The van der Waals surface area contributed by atoms with Crippen molar-refractivity contribution >= 4 is 5.97 Å². The fourth-order valence-corrected chi connectivity index (χ4v) is 16.0. The molecule has 496 valence electrons. The molecule has 3 saturated carbocycles. The van der Waals surface area contributed by atoms with Gasteiger partial charge >= 0.3 is 5.97 Å². The molecule has 0 unspecified atom stereocenters. The molecular formula is C58H96O28. The van der Waals surface area contributed by atoms with Gasteiger partial charge in [-0.3, -0.25) is 4.79 Å². The van der Waals surface area contributed by atoms with E-state index < -0.39 is 198 Å². The van der Waals surface area contributed by atoms with E-state index in [4.69, 9.17) is 47.4 Å². The fraction of sp³-hybridized carbons (Fsp3) is 0.948. The summed E-state index contributed by atoms with van der Waals surface area (Å²) in [7, 11) is 0. The van der Waals surface area contributed by atoms with Gasteiger partial charge in [0, 0.05) is 0 Å². The van der Waals surface area contributed by atoms with Gasteiger partial charge in [0.15, 0.2) is 31.3 Å². The summed E-state index contributed by atoms with van der Waals surface area (Å²) in [6.45, 7) is 6.90. The third kappa shape index (κ3) is 13.2. The van der Waals surface area contributed by atoms with Crippen molar-refractivity contribution in [2.45, 2.75) is 258 Å². The highest BCUT2D eigenvalue weighted by Gasteiger charge is 2.61. The van der Waals surface area contributed by atoms with Gasteiger partial charge in [-0.2, -0.15) is 0 Å². The number of carbonyl (C=O) groups excluding carboxylic acids is 1. The van der Waals surface area contributed by atoms with E-state index in [2.05, 4.69) is 26.8 Å². The molecule has 0 aromatic rings. The van der Waals surface area contributed by atoms with Crippen LogP contribution in [0.5, 0.6) is 0 Å². The second-order valence-corrected chi connectivity index (χ2v) is 26.6. The lowest BCUT2D eigenvalue weighted by molar-refractivity contribution is -0.373. The van der Waals surface area contributed by atoms with Gasteiger partial charge in [0.1, 0.15) is 116 Å². The minimum absolute atomic E-state index is 0.0268. The molecule has 28 nitrogen and oxygen atoms in total. The van der Waals surface area contributed by atoms with Gasteiger partial charge < -0.3 is 134 Å². The van der Waals surface area contributed by atoms with E-state index in [1.165, 1.54) is 5.57 Å². The van der Waals surface area contributed by atoms with Crippen LogP contribution in [0, 0.1) is 52.3 Å². The van der Waals surface area contributed by atoms with Crippen molar-refractivity contribution < 1.29 is 139 Å². The highest BCUT2D eigenvalue weighted by Crippen LogP contribution is 2.67. The summed E-state index contributed by atoms with van der Waals surface area (Å²) in [4.78, 5) is 14.3. The number of hydrogen-bond acceptors (Lipinski definition) is 28. The van der Waals surface area contributed by atoms with Crippen LogP contribution >= 0.6 is 0 Å². The van der Waals surface area contributed by atoms with Crippen LogP contribution in [0.1, 0.15) is 98.8 Å². The predicted octanol–water partition coefficient (Wildman–Crippen LogP) is -4.75. The van der Waals surface area contributed by atoms with Crippen LogP contribution in [0.2, 0.25) is 0 Å². The molecule has 86 heavy (non-hydrogen) atoms. The van der Waals surface area contributed by atoms with Crippen LogP contribution in [0.3, 0.4) is 0 Å². The predicted molar refractivity (Wildman–Crippen MR) is 288 cm³/mol. The summed E-state index contributed by atoms with van der Waals surface area (Å²) in [6, 6.07) is 0. The van der Waals surface area contributed by atoms with E-state index in [1.807, 2.05) is 6.92 Å². The van der Waals surface area contributed by atoms with Crippen LogP contribution in [0.25, 0.3) is 0 Å². The summed E-state index contributed by atoms with van der Waals surface area (Å²) in [5.74, 6) is 0.364. The van der Waals surface area contributed by atoms with Crippen molar-refractivity contribution in [1.29, 1.82) is 0 Å². The van der Waals surface area contributed by atoms with E-state index in [1.54, 1.807) is 6.92 Å². The van der Waals surface area contributed by atoms with Crippen molar-refractivity contribution in [3.63, 3.8) is 0 Å². The number of aliphatic hydroxyl groups is 17. The van der Waals surface area contributed by atoms with Gasteiger partial charge in [-0.25, -0.2) is 0 Å². The molecule has 4 aliphatic carbocycles. The van der Waals surface area contributed by atoms with E-state index in [0.29, 0.717) is 42.4 Å². The first-order valence-corrected chi connectivity index (χ1v) is 30.8. The second kappa shape index (κ2) is 28.2. The Hall–Kier alpha value is -1.83. The van der Waals surface area contributed by atoms with Crippen molar-refractivity contribution in [1.82, 2.24) is 0 Å². The van der Waals surface area contributed by atoms with E-state index in [9.17, 15) is 91.6 Å². The molecule has 0 aromatic heterocycles. The molecule has 28 heteroatoms. The Morgan fingerprint density at radius 2 is 1.01 bits per heavy atom. The minimum Gasteiger partial charge on any atom is -0.432 e. The Balaban J connectivity index is 0.817. The Bertz CT molecular complexity index is 2230. The maximum Gasteiger partial charge on any atom is 0.311 e. The van der Waals surface area contributed by atoms with Crippen molar-refractivity contribution in [2.75, 3.05) is 33.0 Å². The normalized spacial score (nSPS) is 50.9. The summed E-state index contributed by atoms with van der Waals surface area (Å²) < 4.78 is 57.8. The zero-order chi connectivity index (χ0) is 62.6. The topological polar surface area (TPSA) is 453 Å². The Morgan fingerprint density at radius 1 is 0.523 bits per heavy atom. The SMILES string of the molecule is C[C@H](CC[C@@H](C)[C@H]1CC[C@H]2[C@@H]3CC=C4C[C@@H](O[C@@H]5O[C@H](CO)[C@@H](O)[C@H](O)[C@H]5O)CC[C@]4(C)[C@H]3CC[C@]12C)[C@H](C)C(=O)O[C@@H]1O[C@H](CO[C@@H]2O[C@H](CO)[C@@H](O[C@@H]3O[C@H](CO)[C@@H](O)[C@H](O)[C@H]3O)[C@H](O)[C@H]2O)[C@@H](O)[C@H](O)[C@H]1O[C@@H]1O[C@H](CO)[C@@H](O)[C@H](O)[C@H]1O. The van der Waals surface area contributed by atoms with Crippen LogP contribution in [0.4, 0.5) is 0 Å². The quantitative estimate of drug-likeness (QED) is 0.0402. The summed E-state index contributed by atoms with van der Waals surface area (Å²) >= 11 is 0. The molecule has 9 rings (SSSR count). The largest absolute Gasteiger partial charge is 0.432 e.